The molecule has 1 nitrogen and oxygen atoms in total. The molecule has 0 unspecified atom stereocenters. The number of nitrogen functional groups attached to an aromatic ring is 1. The summed E-state index contributed by atoms with van der Waals surface area (Å²) in [6.45, 7) is -0.342. The Kier molecular flexibility index (Phi) is 3.69. The van der Waals surface area contributed by atoms with Gasteiger partial charge in [0.05, 0.1) is 11.7 Å². The molecule has 0 aliphatic rings. The highest BCUT2D eigenvalue weighted by Gasteiger charge is 2.00. The molecule has 2 N–H and O–H groups in total. The first-order valence-electron chi connectivity index (χ1n) is 3.48. The quantitative estimate of drug-likeness (QED) is 0.607. The lowest BCUT2D eigenvalue weighted by molar-refractivity contribution is 0.533. The van der Waals surface area contributed by atoms with Gasteiger partial charge in [0.2, 0.25) is 0 Å². The monoisotopic (exact) mass is 205 g/mol. The van der Waals surface area contributed by atoms with Crippen LogP contribution in [0.5, 0.6) is 0 Å². The smallest absolute Gasteiger partial charge is 0.0988 e. The average Bonchev–Trinajstić information content (AvgIpc) is 2.03. The van der Waals surface area contributed by atoms with Crippen LogP contribution in [0.1, 0.15) is 0 Å². The summed E-state index contributed by atoms with van der Waals surface area (Å²) in [5.74, 6) is 0.434. The molecule has 0 heterocycles. The normalized spacial score (nSPS) is 10.2. The van der Waals surface area contributed by atoms with Crippen LogP contribution in [0.4, 0.5) is 10.1 Å². The van der Waals surface area contributed by atoms with E-state index in [-0.39, 0.29) is 6.67 Å². The number of halogens is 2. The van der Waals surface area contributed by atoms with E-state index in [9.17, 15) is 4.39 Å². The Bertz CT molecular complexity index is 267. The Balaban J connectivity index is 2.72. The first-order chi connectivity index (χ1) is 5.74. The van der Waals surface area contributed by atoms with Crippen LogP contribution in [-0.4, -0.2) is 12.4 Å². The van der Waals surface area contributed by atoms with Crippen molar-refractivity contribution in [2.24, 2.45) is 0 Å². The molecule has 0 aliphatic heterocycles. The maximum Gasteiger partial charge on any atom is 0.0988 e. The Morgan fingerprint density at radius 3 is 2.83 bits per heavy atom. The predicted octanol–water partition coefficient (Wildman–Crippen LogP) is 2.98. The van der Waals surface area contributed by atoms with Crippen molar-refractivity contribution in [3.63, 3.8) is 0 Å². The highest BCUT2D eigenvalue weighted by Crippen LogP contribution is 2.28. The second kappa shape index (κ2) is 4.58. The van der Waals surface area contributed by atoms with E-state index in [0.717, 1.165) is 4.90 Å². The van der Waals surface area contributed by atoms with Gasteiger partial charge in [-0.25, -0.2) is 0 Å². The van der Waals surface area contributed by atoms with Crippen molar-refractivity contribution in [3.05, 3.63) is 23.2 Å². The second-order valence-electron chi connectivity index (χ2n) is 2.23. The summed E-state index contributed by atoms with van der Waals surface area (Å²) in [6, 6.07) is 5.23. The van der Waals surface area contributed by atoms with Crippen LogP contribution < -0.4 is 5.73 Å². The zero-order chi connectivity index (χ0) is 8.97. The number of anilines is 1. The minimum atomic E-state index is -0.342. The number of alkyl halides is 1. The molecule has 1 aromatic carbocycles. The zero-order valence-electron chi connectivity index (χ0n) is 6.39. The van der Waals surface area contributed by atoms with Crippen molar-refractivity contribution in [1.29, 1.82) is 0 Å². The lowest BCUT2D eigenvalue weighted by Crippen LogP contribution is -1.86. The number of hydrogen-bond acceptors (Lipinski definition) is 2. The third-order valence-corrected chi connectivity index (χ3v) is 2.74. The minimum Gasteiger partial charge on any atom is -0.399 e. The van der Waals surface area contributed by atoms with Gasteiger partial charge in [-0.05, 0) is 18.2 Å². The van der Waals surface area contributed by atoms with Crippen LogP contribution in [0, 0.1) is 0 Å². The van der Waals surface area contributed by atoms with Crippen LogP contribution >= 0.6 is 23.4 Å². The minimum absolute atomic E-state index is 0.342. The zero-order valence-corrected chi connectivity index (χ0v) is 7.96. The van der Waals surface area contributed by atoms with E-state index in [4.69, 9.17) is 17.3 Å². The maximum absolute atomic E-state index is 11.8. The summed E-state index contributed by atoms with van der Waals surface area (Å²) in [4.78, 5) is 0.878. The molecule has 4 heteroatoms. The van der Waals surface area contributed by atoms with E-state index in [2.05, 4.69) is 0 Å². The molecule has 0 atom stereocenters. The van der Waals surface area contributed by atoms with Crippen molar-refractivity contribution < 1.29 is 4.39 Å². The number of nitrogens with two attached hydrogens (primary N) is 1. The van der Waals surface area contributed by atoms with Crippen LogP contribution in [0.2, 0.25) is 5.02 Å². The molecule has 0 amide bonds. The Morgan fingerprint density at radius 2 is 2.25 bits per heavy atom. The molecule has 12 heavy (non-hydrogen) atoms. The molecule has 0 spiro atoms. The lowest BCUT2D eigenvalue weighted by Gasteiger charge is -2.02. The number of thioether (sulfide) groups is 1. The number of hydrogen-bond donors (Lipinski definition) is 1. The third kappa shape index (κ3) is 2.57. The summed E-state index contributed by atoms with van der Waals surface area (Å²) in [7, 11) is 0. The first-order valence-corrected chi connectivity index (χ1v) is 4.84. The second-order valence-corrected chi connectivity index (χ2v) is 3.77. The molecule has 0 fully saturated rings. The van der Waals surface area contributed by atoms with Gasteiger partial charge in [-0.15, -0.1) is 11.8 Å². The molecule has 0 aliphatic carbocycles. The molecule has 0 saturated carbocycles. The van der Waals surface area contributed by atoms with Gasteiger partial charge in [0.15, 0.2) is 0 Å². The molecule has 0 radical (unpaired) electrons. The molecular weight excluding hydrogens is 197 g/mol. The molecular formula is C8H9ClFNS. The van der Waals surface area contributed by atoms with Crippen molar-refractivity contribution in [2.45, 2.75) is 4.90 Å². The van der Waals surface area contributed by atoms with Crippen LogP contribution in [-0.2, 0) is 0 Å². The average molecular weight is 206 g/mol. The Hall–Kier alpha value is -0.410. The van der Waals surface area contributed by atoms with Gasteiger partial charge in [0, 0.05) is 16.3 Å². The predicted molar refractivity (Wildman–Crippen MR) is 52.6 cm³/mol. The third-order valence-electron chi connectivity index (χ3n) is 1.29. The summed E-state index contributed by atoms with van der Waals surface area (Å²) in [6.07, 6.45) is 0. The fourth-order valence-corrected chi connectivity index (χ4v) is 1.79. The summed E-state index contributed by atoms with van der Waals surface area (Å²) < 4.78 is 11.8. The van der Waals surface area contributed by atoms with E-state index in [0.29, 0.717) is 16.5 Å². The van der Waals surface area contributed by atoms with Gasteiger partial charge < -0.3 is 5.73 Å². The lowest BCUT2D eigenvalue weighted by atomic mass is 10.3. The Labute approximate surface area is 80.1 Å². The number of rotatable bonds is 3. The largest absolute Gasteiger partial charge is 0.399 e. The fraction of sp³-hybridized carbons (Fsp3) is 0.250. The van der Waals surface area contributed by atoms with Crippen molar-refractivity contribution >= 4 is 29.1 Å². The van der Waals surface area contributed by atoms with Gasteiger partial charge in [-0.2, -0.15) is 0 Å². The standard InChI is InChI=1S/C8H9ClFNS/c9-7-5-6(11)1-2-8(7)12-4-3-10/h1-2,5H,3-4,11H2. The van der Waals surface area contributed by atoms with E-state index < -0.39 is 0 Å². The summed E-state index contributed by atoms with van der Waals surface area (Å²) in [5.41, 5.74) is 6.12. The van der Waals surface area contributed by atoms with Crippen molar-refractivity contribution in [3.8, 4) is 0 Å². The van der Waals surface area contributed by atoms with Gasteiger partial charge in [-0.3, -0.25) is 4.39 Å². The molecule has 0 saturated heterocycles. The topological polar surface area (TPSA) is 26.0 Å². The van der Waals surface area contributed by atoms with Crippen molar-refractivity contribution in [1.82, 2.24) is 0 Å². The van der Waals surface area contributed by atoms with E-state index in [1.165, 1.54) is 11.8 Å². The van der Waals surface area contributed by atoms with Gasteiger partial charge in [-0.1, -0.05) is 11.6 Å². The molecule has 0 aromatic heterocycles. The maximum atomic E-state index is 11.8. The summed E-state index contributed by atoms with van der Waals surface area (Å²) >= 11 is 7.24. The SMILES string of the molecule is Nc1ccc(SCCF)c(Cl)c1. The van der Waals surface area contributed by atoms with Crippen LogP contribution in [0.25, 0.3) is 0 Å². The highest BCUT2D eigenvalue weighted by atomic mass is 35.5. The van der Waals surface area contributed by atoms with Gasteiger partial charge >= 0.3 is 0 Å². The Morgan fingerprint density at radius 1 is 1.50 bits per heavy atom. The fourth-order valence-electron chi connectivity index (χ4n) is 0.783. The molecule has 66 valence electrons. The van der Waals surface area contributed by atoms with Crippen LogP contribution in [0.15, 0.2) is 23.1 Å². The van der Waals surface area contributed by atoms with E-state index in [1.54, 1.807) is 18.2 Å². The van der Waals surface area contributed by atoms with Crippen molar-refractivity contribution in [2.75, 3.05) is 18.2 Å². The summed E-state index contributed by atoms with van der Waals surface area (Å²) in [5, 5.41) is 0.591. The molecule has 1 rings (SSSR count). The van der Waals surface area contributed by atoms with Crippen LogP contribution in [0.3, 0.4) is 0 Å². The van der Waals surface area contributed by atoms with Gasteiger partial charge in [0.25, 0.3) is 0 Å². The molecule has 0 bridgehead atoms. The van der Waals surface area contributed by atoms with E-state index >= 15 is 0 Å². The molecule has 1 aromatic rings. The first kappa shape index (κ1) is 9.68. The number of benzene rings is 1. The van der Waals surface area contributed by atoms with Gasteiger partial charge in [0.1, 0.15) is 0 Å². The highest BCUT2D eigenvalue weighted by molar-refractivity contribution is 7.99. The van der Waals surface area contributed by atoms with E-state index in [1.807, 2.05) is 0 Å².